The Morgan fingerprint density at radius 1 is 1.15 bits per heavy atom. The van der Waals surface area contributed by atoms with E-state index < -0.39 is 0 Å². The molecule has 0 spiro atoms. The molecule has 1 aromatic heterocycles. The van der Waals surface area contributed by atoms with Crippen molar-refractivity contribution in [2.75, 3.05) is 0 Å². The van der Waals surface area contributed by atoms with Crippen LogP contribution < -0.4 is 5.32 Å². The zero-order chi connectivity index (χ0) is 14.6. The predicted octanol–water partition coefficient (Wildman–Crippen LogP) is 4.26. The molecule has 2 aromatic rings. The van der Waals surface area contributed by atoms with Crippen LogP contribution in [0.4, 0.5) is 4.39 Å². The molecule has 4 heteroatoms. The molecule has 0 amide bonds. The summed E-state index contributed by atoms with van der Waals surface area (Å²) in [7, 11) is 0. The third kappa shape index (κ3) is 4.62. The van der Waals surface area contributed by atoms with Gasteiger partial charge in [-0.25, -0.2) is 4.39 Å². The fraction of sp³-hybridized carbons (Fsp3) is 0.312. The highest BCUT2D eigenvalue weighted by Gasteiger charge is 2.12. The molecule has 0 atom stereocenters. The van der Waals surface area contributed by atoms with Crippen LogP contribution in [0.15, 0.2) is 52.5 Å². The molecule has 0 radical (unpaired) electrons. The molecule has 0 bridgehead atoms. The maximum Gasteiger partial charge on any atom is 0.123 e. The monoisotopic (exact) mass is 290 g/mol. The maximum absolute atomic E-state index is 13.5. The summed E-state index contributed by atoms with van der Waals surface area (Å²) >= 11 is 1.63. The fourth-order valence-electron chi connectivity index (χ4n) is 1.68. The van der Waals surface area contributed by atoms with Gasteiger partial charge in [-0.3, -0.25) is 4.98 Å². The van der Waals surface area contributed by atoms with E-state index in [-0.39, 0.29) is 11.4 Å². The van der Waals surface area contributed by atoms with Gasteiger partial charge in [0.05, 0.1) is 0 Å². The van der Waals surface area contributed by atoms with E-state index in [0.717, 1.165) is 15.4 Å². The number of hydrogen-bond donors (Lipinski definition) is 1. The fourth-order valence-corrected chi connectivity index (χ4v) is 2.59. The second-order valence-electron chi connectivity index (χ2n) is 5.64. The van der Waals surface area contributed by atoms with E-state index in [1.54, 1.807) is 30.2 Å². The second kappa shape index (κ2) is 6.37. The highest BCUT2D eigenvalue weighted by molar-refractivity contribution is 7.99. The first-order chi connectivity index (χ1) is 9.44. The van der Waals surface area contributed by atoms with Gasteiger partial charge in [0, 0.05) is 34.3 Å². The average molecular weight is 290 g/mol. The van der Waals surface area contributed by atoms with Crippen LogP contribution in [0.1, 0.15) is 26.3 Å². The lowest BCUT2D eigenvalue weighted by Gasteiger charge is -2.21. The summed E-state index contributed by atoms with van der Waals surface area (Å²) < 4.78 is 13.5. The van der Waals surface area contributed by atoms with Crippen LogP contribution in [0.25, 0.3) is 0 Å². The molecule has 0 aliphatic rings. The molecule has 106 valence electrons. The molecule has 20 heavy (non-hydrogen) atoms. The van der Waals surface area contributed by atoms with Gasteiger partial charge in [0.2, 0.25) is 0 Å². The molecule has 0 saturated carbocycles. The van der Waals surface area contributed by atoms with Crippen molar-refractivity contribution in [2.45, 2.75) is 42.6 Å². The van der Waals surface area contributed by atoms with E-state index in [1.807, 2.05) is 18.2 Å². The number of halogens is 1. The summed E-state index contributed by atoms with van der Waals surface area (Å²) in [5.41, 5.74) is 0.979. The molecule has 0 aliphatic heterocycles. The molecule has 2 rings (SSSR count). The molecular weight excluding hydrogens is 271 g/mol. The van der Waals surface area contributed by atoms with E-state index in [4.69, 9.17) is 0 Å². The van der Waals surface area contributed by atoms with Gasteiger partial charge in [0.1, 0.15) is 5.82 Å². The summed E-state index contributed by atoms with van der Waals surface area (Å²) in [4.78, 5) is 6.17. The number of benzene rings is 1. The minimum absolute atomic E-state index is 0.00488. The Bertz CT molecular complexity index is 564. The van der Waals surface area contributed by atoms with Crippen LogP contribution >= 0.6 is 11.8 Å². The maximum atomic E-state index is 13.5. The van der Waals surface area contributed by atoms with E-state index >= 15 is 0 Å². The number of nitrogens with one attached hydrogen (secondary N) is 1. The van der Waals surface area contributed by atoms with Crippen molar-refractivity contribution in [2.24, 2.45) is 0 Å². The van der Waals surface area contributed by atoms with Crippen LogP contribution in [-0.4, -0.2) is 10.5 Å². The Morgan fingerprint density at radius 2 is 1.85 bits per heavy atom. The Kier molecular flexibility index (Phi) is 4.78. The molecular formula is C16H19FN2S. The Balaban J connectivity index is 2.19. The zero-order valence-corrected chi connectivity index (χ0v) is 12.8. The Hall–Kier alpha value is -1.39. The van der Waals surface area contributed by atoms with E-state index in [0.29, 0.717) is 6.54 Å². The molecule has 0 saturated heterocycles. The molecule has 1 aromatic carbocycles. The second-order valence-corrected chi connectivity index (χ2v) is 6.76. The molecule has 0 aliphatic carbocycles. The number of pyridine rings is 1. The predicted molar refractivity (Wildman–Crippen MR) is 81.4 cm³/mol. The molecule has 0 fully saturated rings. The summed E-state index contributed by atoms with van der Waals surface area (Å²) in [5.74, 6) is -0.199. The van der Waals surface area contributed by atoms with E-state index in [9.17, 15) is 4.39 Å². The molecule has 2 nitrogen and oxygen atoms in total. The minimum atomic E-state index is -0.199. The highest BCUT2D eigenvalue weighted by atomic mass is 32.2. The van der Waals surface area contributed by atoms with Gasteiger partial charge >= 0.3 is 0 Å². The van der Waals surface area contributed by atoms with Crippen molar-refractivity contribution in [3.05, 3.63) is 54.1 Å². The van der Waals surface area contributed by atoms with Crippen molar-refractivity contribution in [1.82, 2.24) is 10.3 Å². The van der Waals surface area contributed by atoms with Crippen molar-refractivity contribution in [3.8, 4) is 0 Å². The summed E-state index contributed by atoms with van der Waals surface area (Å²) in [6, 6.07) is 8.84. The van der Waals surface area contributed by atoms with Crippen LogP contribution in [0.5, 0.6) is 0 Å². The Morgan fingerprint density at radius 3 is 2.50 bits per heavy atom. The normalized spacial score (nSPS) is 11.6. The molecule has 1 heterocycles. The van der Waals surface area contributed by atoms with Gasteiger partial charge < -0.3 is 5.32 Å². The van der Waals surface area contributed by atoms with Crippen molar-refractivity contribution < 1.29 is 4.39 Å². The van der Waals surface area contributed by atoms with Gasteiger partial charge in [-0.15, -0.1) is 0 Å². The SMILES string of the molecule is CC(C)(C)NCc1cc(F)ccc1Sc1ccncc1. The van der Waals surface area contributed by atoms with E-state index in [2.05, 4.69) is 31.1 Å². The Labute approximate surface area is 123 Å². The number of hydrogen-bond acceptors (Lipinski definition) is 3. The average Bonchev–Trinajstić information content (AvgIpc) is 2.39. The first-order valence-electron chi connectivity index (χ1n) is 6.55. The highest BCUT2D eigenvalue weighted by Crippen LogP contribution is 2.30. The minimum Gasteiger partial charge on any atom is -0.308 e. The quantitative estimate of drug-likeness (QED) is 0.910. The standard InChI is InChI=1S/C16H19FN2S/c1-16(2,3)19-11-12-10-13(17)4-5-15(12)20-14-6-8-18-9-7-14/h4-10,19H,11H2,1-3H3. The van der Waals surface area contributed by atoms with Crippen molar-refractivity contribution in [3.63, 3.8) is 0 Å². The smallest absolute Gasteiger partial charge is 0.123 e. The summed E-state index contributed by atoms with van der Waals surface area (Å²) in [6.45, 7) is 6.95. The van der Waals surface area contributed by atoms with Crippen LogP contribution in [0.3, 0.4) is 0 Å². The lowest BCUT2D eigenvalue weighted by Crippen LogP contribution is -2.35. The first-order valence-corrected chi connectivity index (χ1v) is 7.37. The van der Waals surface area contributed by atoms with Gasteiger partial charge in [-0.1, -0.05) is 11.8 Å². The summed E-state index contributed by atoms with van der Waals surface area (Å²) in [5, 5.41) is 3.40. The number of nitrogens with zero attached hydrogens (tertiary/aromatic N) is 1. The van der Waals surface area contributed by atoms with Crippen molar-refractivity contribution in [1.29, 1.82) is 0 Å². The van der Waals surface area contributed by atoms with Gasteiger partial charge in [-0.05, 0) is 56.7 Å². The largest absolute Gasteiger partial charge is 0.308 e. The first kappa shape index (κ1) is 15.0. The molecule has 0 unspecified atom stereocenters. The third-order valence-electron chi connectivity index (χ3n) is 2.71. The van der Waals surface area contributed by atoms with Gasteiger partial charge in [0.25, 0.3) is 0 Å². The third-order valence-corrected chi connectivity index (χ3v) is 3.84. The van der Waals surface area contributed by atoms with Crippen LogP contribution in [0, 0.1) is 5.82 Å². The van der Waals surface area contributed by atoms with Gasteiger partial charge in [-0.2, -0.15) is 0 Å². The number of aromatic nitrogens is 1. The molecule has 1 N–H and O–H groups in total. The van der Waals surface area contributed by atoms with E-state index in [1.165, 1.54) is 6.07 Å². The summed E-state index contributed by atoms with van der Waals surface area (Å²) in [6.07, 6.45) is 3.53. The van der Waals surface area contributed by atoms with Crippen LogP contribution in [-0.2, 0) is 6.54 Å². The number of rotatable bonds is 4. The van der Waals surface area contributed by atoms with Crippen molar-refractivity contribution >= 4 is 11.8 Å². The van der Waals surface area contributed by atoms with Crippen LogP contribution in [0.2, 0.25) is 0 Å². The topological polar surface area (TPSA) is 24.9 Å². The zero-order valence-electron chi connectivity index (χ0n) is 12.0. The van der Waals surface area contributed by atoms with Gasteiger partial charge in [0.15, 0.2) is 0 Å². The lowest BCUT2D eigenvalue weighted by molar-refractivity contribution is 0.422. The lowest BCUT2D eigenvalue weighted by atomic mass is 10.1.